The number of ether oxygens (including phenoxy) is 2. The molecule has 29 heavy (non-hydrogen) atoms. The number of fused-ring (bicyclic) bond motifs is 3. The van der Waals surface area contributed by atoms with Gasteiger partial charge in [-0.3, -0.25) is 0 Å². The highest BCUT2D eigenvalue weighted by Crippen LogP contribution is 2.70. The molecule has 2 aliphatic carbocycles. The summed E-state index contributed by atoms with van der Waals surface area (Å²) < 4.78 is 17.8. The zero-order valence-corrected chi connectivity index (χ0v) is 18.8. The number of aryl methyl sites for hydroxylation is 1. The van der Waals surface area contributed by atoms with E-state index in [1.807, 2.05) is 26.2 Å². The van der Waals surface area contributed by atoms with Crippen molar-refractivity contribution in [1.29, 1.82) is 0 Å². The molecule has 4 rings (SSSR count). The Bertz CT molecular complexity index is 796. The van der Waals surface area contributed by atoms with Gasteiger partial charge in [-0.25, -0.2) is 4.79 Å². The van der Waals surface area contributed by atoms with Gasteiger partial charge in [0.15, 0.2) is 0 Å². The molecule has 0 unspecified atom stereocenters. The molecule has 0 N–H and O–H groups in total. The molecule has 4 nitrogen and oxygen atoms in total. The van der Waals surface area contributed by atoms with Gasteiger partial charge in [-0.2, -0.15) is 0 Å². The summed E-state index contributed by atoms with van der Waals surface area (Å²) >= 11 is 0. The van der Waals surface area contributed by atoms with Gasteiger partial charge in [0.05, 0.1) is 18.6 Å². The molecule has 2 saturated carbocycles. The van der Waals surface area contributed by atoms with Crippen LogP contribution in [0.4, 0.5) is 0 Å². The van der Waals surface area contributed by atoms with E-state index in [1.165, 1.54) is 5.56 Å². The summed E-state index contributed by atoms with van der Waals surface area (Å²) in [5.41, 5.74) is 1.75. The zero-order chi connectivity index (χ0) is 21.0. The van der Waals surface area contributed by atoms with E-state index >= 15 is 0 Å². The Balaban J connectivity index is 1.66. The Morgan fingerprint density at radius 1 is 1.31 bits per heavy atom. The number of esters is 1. The zero-order valence-electron chi connectivity index (χ0n) is 18.8. The fourth-order valence-electron chi connectivity index (χ4n) is 6.55. The van der Waals surface area contributed by atoms with Gasteiger partial charge < -0.3 is 13.9 Å². The molecule has 1 aromatic rings. The molecule has 0 radical (unpaired) electrons. The van der Waals surface area contributed by atoms with Crippen LogP contribution < -0.4 is 0 Å². The van der Waals surface area contributed by atoms with Gasteiger partial charge in [-0.05, 0) is 81.8 Å². The molecular formula is C25H36O4. The molecule has 0 amide bonds. The minimum Gasteiger partial charge on any atom is -0.472 e. The van der Waals surface area contributed by atoms with Crippen LogP contribution in [-0.2, 0) is 20.7 Å². The Hall–Kier alpha value is -1.55. The second-order valence-corrected chi connectivity index (χ2v) is 10.3. The standard InChI is InChI=1S/C25H36O4/c1-7-16(2)22(26)28-21-14-17(3)23(4,12-10-18-11-13-27-15-18)19-8-9-20-25(6,29-20)24(19,21)5/h7,11,13,15,17,19-21H,8-10,12,14H2,1-6H3/b16-7-/t17-,19+,20+,21-,23-,24+,25+/m1/s1. The summed E-state index contributed by atoms with van der Waals surface area (Å²) in [7, 11) is 0. The summed E-state index contributed by atoms with van der Waals surface area (Å²) in [5.74, 6) is 0.742. The Labute approximate surface area is 175 Å². The highest BCUT2D eigenvalue weighted by molar-refractivity contribution is 5.87. The Morgan fingerprint density at radius 2 is 2.07 bits per heavy atom. The van der Waals surface area contributed by atoms with E-state index in [4.69, 9.17) is 13.9 Å². The predicted octanol–water partition coefficient (Wildman–Crippen LogP) is 5.71. The number of rotatable bonds is 5. The van der Waals surface area contributed by atoms with Crippen molar-refractivity contribution in [2.75, 3.05) is 0 Å². The number of carbonyl (C=O) groups is 1. The first-order valence-corrected chi connectivity index (χ1v) is 11.2. The van der Waals surface area contributed by atoms with E-state index in [-0.39, 0.29) is 28.5 Å². The molecule has 1 saturated heterocycles. The summed E-state index contributed by atoms with van der Waals surface area (Å²) in [4.78, 5) is 12.7. The van der Waals surface area contributed by atoms with Gasteiger partial charge in [0, 0.05) is 11.0 Å². The average molecular weight is 401 g/mol. The maximum atomic E-state index is 12.7. The van der Waals surface area contributed by atoms with Crippen LogP contribution in [0.25, 0.3) is 0 Å². The number of hydrogen-bond acceptors (Lipinski definition) is 4. The summed E-state index contributed by atoms with van der Waals surface area (Å²) in [6.45, 7) is 13.1. The van der Waals surface area contributed by atoms with Gasteiger partial charge in [0.1, 0.15) is 11.7 Å². The molecule has 1 aromatic heterocycles. The van der Waals surface area contributed by atoms with E-state index in [2.05, 4.69) is 33.8 Å². The van der Waals surface area contributed by atoms with Crippen molar-refractivity contribution in [2.24, 2.45) is 22.7 Å². The van der Waals surface area contributed by atoms with Crippen molar-refractivity contribution in [3.63, 3.8) is 0 Å². The number of epoxide rings is 1. The van der Waals surface area contributed by atoms with Gasteiger partial charge in [-0.1, -0.05) is 26.8 Å². The molecule has 7 atom stereocenters. The predicted molar refractivity (Wildman–Crippen MR) is 112 cm³/mol. The first kappa shape index (κ1) is 20.7. The summed E-state index contributed by atoms with van der Waals surface area (Å²) in [6, 6.07) is 2.07. The van der Waals surface area contributed by atoms with E-state index in [9.17, 15) is 4.79 Å². The van der Waals surface area contributed by atoms with Crippen LogP contribution in [0.5, 0.6) is 0 Å². The van der Waals surface area contributed by atoms with Crippen LogP contribution in [0.3, 0.4) is 0 Å². The molecule has 160 valence electrons. The fourth-order valence-corrected chi connectivity index (χ4v) is 6.55. The smallest absolute Gasteiger partial charge is 0.333 e. The van der Waals surface area contributed by atoms with Crippen molar-refractivity contribution in [3.05, 3.63) is 35.8 Å². The Kier molecular flexibility index (Phi) is 5.00. The average Bonchev–Trinajstić information content (AvgIpc) is 3.13. The van der Waals surface area contributed by atoms with Crippen molar-refractivity contribution >= 4 is 5.97 Å². The summed E-state index contributed by atoms with van der Waals surface area (Å²) in [6.07, 6.45) is 10.9. The summed E-state index contributed by atoms with van der Waals surface area (Å²) in [5, 5.41) is 0. The van der Waals surface area contributed by atoms with Gasteiger partial charge in [-0.15, -0.1) is 0 Å². The third-order valence-electron chi connectivity index (χ3n) is 9.15. The molecule has 0 aromatic carbocycles. The normalized spacial score (nSPS) is 44.0. The van der Waals surface area contributed by atoms with Crippen LogP contribution in [0.15, 0.2) is 34.7 Å². The van der Waals surface area contributed by atoms with Crippen LogP contribution >= 0.6 is 0 Å². The van der Waals surface area contributed by atoms with Crippen molar-refractivity contribution in [3.8, 4) is 0 Å². The van der Waals surface area contributed by atoms with Crippen LogP contribution in [0.2, 0.25) is 0 Å². The Morgan fingerprint density at radius 3 is 2.72 bits per heavy atom. The molecule has 1 aliphatic heterocycles. The maximum Gasteiger partial charge on any atom is 0.333 e. The topological polar surface area (TPSA) is 52.0 Å². The second kappa shape index (κ2) is 7.01. The quantitative estimate of drug-likeness (QED) is 0.361. The lowest BCUT2D eigenvalue weighted by Gasteiger charge is -2.61. The number of hydrogen-bond donors (Lipinski definition) is 0. The molecular weight excluding hydrogens is 364 g/mol. The number of furan rings is 1. The third kappa shape index (κ3) is 3.01. The molecule has 2 heterocycles. The van der Waals surface area contributed by atoms with E-state index in [1.54, 1.807) is 6.26 Å². The van der Waals surface area contributed by atoms with Crippen LogP contribution in [0, 0.1) is 22.7 Å². The fraction of sp³-hybridized carbons (Fsp3) is 0.720. The largest absolute Gasteiger partial charge is 0.472 e. The van der Waals surface area contributed by atoms with E-state index in [0.717, 1.165) is 32.1 Å². The minimum atomic E-state index is -0.193. The SMILES string of the molecule is C/C=C(/C)C(=O)O[C@@H]1C[C@@H](C)[C@@](C)(CCc2ccoc2)[C@@H]2CC[C@@H]3O[C@]3(C)[C@]12C. The molecule has 4 heteroatoms. The van der Waals surface area contributed by atoms with Crippen molar-refractivity contribution in [2.45, 2.75) is 91.5 Å². The number of carbonyl (C=O) groups excluding carboxylic acids is 1. The lowest BCUT2D eigenvalue weighted by Crippen LogP contribution is -2.63. The number of allylic oxidation sites excluding steroid dienone is 1. The monoisotopic (exact) mass is 400 g/mol. The maximum absolute atomic E-state index is 12.7. The van der Waals surface area contributed by atoms with Crippen LogP contribution in [0.1, 0.15) is 72.8 Å². The molecule has 3 fully saturated rings. The second-order valence-electron chi connectivity index (χ2n) is 10.3. The van der Waals surface area contributed by atoms with Crippen LogP contribution in [-0.4, -0.2) is 23.8 Å². The first-order valence-electron chi connectivity index (χ1n) is 11.2. The highest BCUT2D eigenvalue weighted by Gasteiger charge is 2.75. The van der Waals surface area contributed by atoms with E-state index in [0.29, 0.717) is 23.5 Å². The van der Waals surface area contributed by atoms with Crippen molar-refractivity contribution in [1.82, 2.24) is 0 Å². The first-order chi connectivity index (χ1) is 13.7. The lowest BCUT2D eigenvalue weighted by atomic mass is 9.43. The molecule has 0 spiro atoms. The van der Waals surface area contributed by atoms with Crippen molar-refractivity contribution < 1.29 is 18.7 Å². The highest BCUT2D eigenvalue weighted by atomic mass is 16.6. The minimum absolute atomic E-state index is 0.109. The van der Waals surface area contributed by atoms with Gasteiger partial charge in [0.2, 0.25) is 0 Å². The van der Waals surface area contributed by atoms with Gasteiger partial charge >= 0.3 is 5.97 Å². The molecule has 0 bridgehead atoms. The molecule has 3 aliphatic rings. The third-order valence-corrected chi connectivity index (χ3v) is 9.15. The lowest BCUT2D eigenvalue weighted by molar-refractivity contribution is -0.196. The van der Waals surface area contributed by atoms with E-state index < -0.39 is 0 Å². The van der Waals surface area contributed by atoms with Gasteiger partial charge in [0.25, 0.3) is 0 Å².